The molecule has 0 saturated heterocycles. The van der Waals surface area contributed by atoms with Crippen molar-refractivity contribution >= 4 is 41.0 Å². The van der Waals surface area contributed by atoms with Crippen LogP contribution in [0.5, 0.6) is 17.2 Å². The third-order valence-corrected chi connectivity index (χ3v) is 8.46. The van der Waals surface area contributed by atoms with Gasteiger partial charge in [0.2, 0.25) is 0 Å². The number of thiazole rings is 1. The van der Waals surface area contributed by atoms with Gasteiger partial charge >= 0.3 is 11.9 Å². The van der Waals surface area contributed by atoms with Crippen LogP contribution < -0.4 is 29.1 Å². The Morgan fingerprint density at radius 3 is 2.51 bits per heavy atom. The first-order valence-electron chi connectivity index (χ1n) is 14.8. The van der Waals surface area contributed by atoms with Gasteiger partial charge in [0.15, 0.2) is 16.3 Å². The topological polar surface area (TPSA) is 126 Å². The Labute approximate surface area is 279 Å². The summed E-state index contributed by atoms with van der Waals surface area (Å²) in [6.07, 6.45) is 1.31. The molecule has 1 aromatic heterocycles. The second-order valence-electron chi connectivity index (χ2n) is 10.9. The van der Waals surface area contributed by atoms with Gasteiger partial charge in [0.05, 0.1) is 52.3 Å². The van der Waals surface area contributed by atoms with Crippen LogP contribution in [0.1, 0.15) is 60.8 Å². The number of rotatable bonds is 11. The van der Waals surface area contributed by atoms with Crippen molar-refractivity contribution < 1.29 is 33.6 Å². The highest BCUT2D eigenvalue weighted by molar-refractivity contribution is 7.07. The van der Waals surface area contributed by atoms with Crippen molar-refractivity contribution in [2.45, 2.75) is 46.4 Å². The molecule has 1 aliphatic rings. The Morgan fingerprint density at radius 1 is 1.11 bits per heavy atom. The van der Waals surface area contributed by atoms with Gasteiger partial charge < -0.3 is 24.1 Å². The van der Waals surface area contributed by atoms with Gasteiger partial charge in [0.1, 0.15) is 12.4 Å². The molecular weight excluding hydrogens is 644 g/mol. The Hall–Kier alpha value is -4.87. The Morgan fingerprint density at radius 2 is 1.85 bits per heavy atom. The summed E-state index contributed by atoms with van der Waals surface area (Å²) in [6, 6.07) is 16.2. The molecule has 12 heteroatoms. The van der Waals surface area contributed by atoms with Crippen LogP contribution in [0, 0.1) is 0 Å². The summed E-state index contributed by atoms with van der Waals surface area (Å²) in [4.78, 5) is 43.8. The van der Waals surface area contributed by atoms with Crippen molar-refractivity contribution in [3.63, 3.8) is 0 Å². The summed E-state index contributed by atoms with van der Waals surface area (Å²) in [5.41, 5.74) is 2.46. The van der Waals surface area contributed by atoms with Gasteiger partial charge in [-0.25, -0.2) is 14.6 Å². The van der Waals surface area contributed by atoms with Crippen LogP contribution in [0.2, 0.25) is 5.02 Å². The molecule has 1 atom stereocenters. The minimum atomic E-state index is -1.04. The molecule has 0 spiro atoms. The summed E-state index contributed by atoms with van der Waals surface area (Å²) in [5, 5.41) is 9.52. The average molecular weight is 677 g/mol. The van der Waals surface area contributed by atoms with Crippen molar-refractivity contribution in [2.24, 2.45) is 4.99 Å². The Kier molecular flexibility index (Phi) is 10.2. The molecule has 3 aromatic carbocycles. The van der Waals surface area contributed by atoms with Gasteiger partial charge in [0.25, 0.3) is 5.56 Å². The molecule has 0 bridgehead atoms. The molecule has 1 aliphatic heterocycles. The minimum Gasteiger partial charge on any atom is -0.494 e. The van der Waals surface area contributed by atoms with E-state index in [1.807, 2.05) is 19.1 Å². The summed E-state index contributed by atoms with van der Waals surface area (Å²) < 4.78 is 24.6. The zero-order valence-electron chi connectivity index (χ0n) is 26.4. The highest BCUT2D eigenvalue weighted by Crippen LogP contribution is 2.37. The lowest BCUT2D eigenvalue weighted by atomic mass is 9.96. The van der Waals surface area contributed by atoms with E-state index in [-0.39, 0.29) is 40.2 Å². The number of aromatic carboxylic acids is 1. The van der Waals surface area contributed by atoms with Crippen LogP contribution in [-0.4, -0.2) is 41.4 Å². The van der Waals surface area contributed by atoms with Crippen LogP contribution >= 0.6 is 22.9 Å². The van der Waals surface area contributed by atoms with Gasteiger partial charge in [-0.05, 0) is 86.9 Å². The number of methoxy groups -OCH3 is 1. The number of esters is 1. The van der Waals surface area contributed by atoms with Crippen molar-refractivity contribution in [3.05, 3.63) is 119 Å². The van der Waals surface area contributed by atoms with E-state index in [4.69, 9.17) is 30.5 Å². The van der Waals surface area contributed by atoms with Crippen LogP contribution in [0.4, 0.5) is 0 Å². The van der Waals surface area contributed by atoms with Gasteiger partial charge in [0, 0.05) is 0 Å². The standard InChI is InChI=1S/C35H33ClN2O8S/c1-6-44-25-12-10-23(11-13-25)30-29(34(42)46-19(2)3)20(4)37-35-38(30)32(39)28(47-35)17-22-15-26(36)31(27(16-22)43-5)45-18-21-8-7-9-24(14-21)33(40)41/h7-17,19,30H,6,18H2,1-5H3,(H,40,41)/b28-17+/t30-/m1/s1. The average Bonchev–Trinajstić information content (AvgIpc) is 3.33. The quantitative estimate of drug-likeness (QED) is 0.206. The van der Waals surface area contributed by atoms with E-state index in [2.05, 4.69) is 4.99 Å². The van der Waals surface area contributed by atoms with E-state index < -0.39 is 18.0 Å². The van der Waals surface area contributed by atoms with Crippen molar-refractivity contribution in [1.29, 1.82) is 0 Å². The number of hydrogen-bond donors (Lipinski definition) is 1. The van der Waals surface area contributed by atoms with Crippen molar-refractivity contribution in [1.82, 2.24) is 4.57 Å². The van der Waals surface area contributed by atoms with E-state index in [9.17, 15) is 19.5 Å². The fraction of sp³-hybridized carbons (Fsp3) is 0.257. The van der Waals surface area contributed by atoms with Gasteiger partial charge in [-0.2, -0.15) is 0 Å². The number of carbonyl (C=O) groups excluding carboxylic acids is 1. The molecule has 0 radical (unpaired) electrons. The van der Waals surface area contributed by atoms with Crippen LogP contribution in [0.15, 0.2) is 81.7 Å². The van der Waals surface area contributed by atoms with Gasteiger partial charge in [-0.3, -0.25) is 9.36 Å². The normalized spacial score (nSPS) is 14.4. The van der Waals surface area contributed by atoms with Gasteiger partial charge in [-0.1, -0.05) is 47.2 Å². The number of carbonyl (C=O) groups is 2. The zero-order valence-corrected chi connectivity index (χ0v) is 28.0. The van der Waals surface area contributed by atoms with E-state index in [1.165, 1.54) is 35.1 Å². The van der Waals surface area contributed by atoms with E-state index >= 15 is 0 Å². The molecule has 244 valence electrons. The maximum Gasteiger partial charge on any atom is 0.338 e. The molecule has 0 fully saturated rings. The number of benzene rings is 3. The number of aromatic nitrogens is 1. The Bertz CT molecular complexity index is 2050. The third kappa shape index (κ3) is 7.26. The Balaban J connectivity index is 1.55. The maximum atomic E-state index is 14.1. The minimum absolute atomic E-state index is 0.0572. The first-order chi connectivity index (χ1) is 22.5. The lowest BCUT2D eigenvalue weighted by molar-refractivity contribution is -0.143. The highest BCUT2D eigenvalue weighted by atomic mass is 35.5. The highest BCUT2D eigenvalue weighted by Gasteiger charge is 2.34. The van der Waals surface area contributed by atoms with E-state index in [0.29, 0.717) is 49.8 Å². The number of ether oxygens (including phenoxy) is 4. The smallest absolute Gasteiger partial charge is 0.338 e. The number of halogens is 1. The predicted molar refractivity (Wildman–Crippen MR) is 178 cm³/mol. The lowest BCUT2D eigenvalue weighted by Gasteiger charge is -2.25. The van der Waals surface area contributed by atoms with E-state index in [0.717, 1.165) is 0 Å². The molecule has 0 saturated carbocycles. The summed E-state index contributed by atoms with van der Waals surface area (Å²) in [6.45, 7) is 7.72. The fourth-order valence-electron chi connectivity index (χ4n) is 5.15. The summed E-state index contributed by atoms with van der Waals surface area (Å²) in [7, 11) is 1.47. The summed E-state index contributed by atoms with van der Waals surface area (Å²) in [5.74, 6) is -0.315. The number of fused-ring (bicyclic) bond motifs is 1. The number of nitrogens with zero attached hydrogens (tertiary/aromatic N) is 2. The van der Waals surface area contributed by atoms with Gasteiger partial charge in [-0.15, -0.1) is 0 Å². The van der Waals surface area contributed by atoms with Crippen LogP contribution in [0.25, 0.3) is 6.08 Å². The molecule has 5 rings (SSSR count). The fourth-order valence-corrected chi connectivity index (χ4v) is 6.47. The number of allylic oxidation sites excluding steroid dienone is 1. The zero-order chi connectivity index (χ0) is 33.8. The monoisotopic (exact) mass is 676 g/mol. The molecule has 4 aromatic rings. The maximum absolute atomic E-state index is 14.1. The number of carboxylic acids is 1. The second-order valence-corrected chi connectivity index (χ2v) is 12.3. The van der Waals surface area contributed by atoms with Crippen LogP contribution in [-0.2, 0) is 16.1 Å². The summed E-state index contributed by atoms with van der Waals surface area (Å²) >= 11 is 7.82. The third-order valence-electron chi connectivity index (χ3n) is 7.20. The van der Waals surface area contributed by atoms with Crippen molar-refractivity contribution in [3.8, 4) is 17.2 Å². The van der Waals surface area contributed by atoms with E-state index in [1.54, 1.807) is 63.2 Å². The number of hydrogen-bond acceptors (Lipinski definition) is 9. The molecule has 0 amide bonds. The largest absolute Gasteiger partial charge is 0.494 e. The molecule has 47 heavy (non-hydrogen) atoms. The molecular formula is C35H33ClN2O8S. The first-order valence-corrected chi connectivity index (χ1v) is 16.0. The SMILES string of the molecule is CCOc1ccc([C@@H]2C(C(=O)OC(C)C)=C(C)N=c3s/c(=C/c4cc(Cl)c(OCc5cccc(C(=O)O)c5)c(OC)c4)c(=O)n32)cc1. The van der Waals surface area contributed by atoms with Crippen molar-refractivity contribution in [2.75, 3.05) is 13.7 Å². The molecule has 0 aliphatic carbocycles. The first kappa shape index (κ1) is 33.5. The molecule has 1 N–H and O–H groups in total. The predicted octanol–water partition coefficient (Wildman–Crippen LogP) is 5.52. The molecule has 0 unspecified atom stereocenters. The second kappa shape index (κ2) is 14.3. The number of carboxylic acid groups (broad SMARTS) is 1. The lowest BCUT2D eigenvalue weighted by Crippen LogP contribution is -2.40. The van der Waals surface area contributed by atoms with Crippen LogP contribution in [0.3, 0.4) is 0 Å². The molecule has 2 heterocycles. The molecule has 10 nitrogen and oxygen atoms in total.